The zero-order valence-electron chi connectivity index (χ0n) is 14.8. The molecule has 0 saturated carbocycles. The summed E-state index contributed by atoms with van der Waals surface area (Å²) in [5, 5.41) is 3.09. The predicted molar refractivity (Wildman–Crippen MR) is 98.8 cm³/mol. The number of nitrogens with zero attached hydrogens (tertiary/aromatic N) is 2. The molecule has 25 heavy (non-hydrogen) atoms. The van der Waals surface area contributed by atoms with Crippen LogP contribution in [0.1, 0.15) is 20.2 Å². The minimum atomic E-state index is -0.000126. The Morgan fingerprint density at radius 1 is 1.36 bits per heavy atom. The van der Waals surface area contributed by atoms with Crippen molar-refractivity contribution in [2.24, 2.45) is 18.9 Å². The average molecular weight is 359 g/mol. The van der Waals surface area contributed by atoms with Crippen LogP contribution < -0.4 is 5.32 Å². The summed E-state index contributed by atoms with van der Waals surface area (Å²) in [6, 6.07) is 8.16. The van der Waals surface area contributed by atoms with Crippen molar-refractivity contribution in [3.63, 3.8) is 0 Å². The van der Waals surface area contributed by atoms with Crippen molar-refractivity contribution in [1.29, 1.82) is 0 Å². The molecule has 0 unspecified atom stereocenters. The first kappa shape index (κ1) is 16.8. The number of carbonyl (C=O) groups is 1. The number of aryl methyl sites for hydroxylation is 2. The van der Waals surface area contributed by atoms with E-state index in [-0.39, 0.29) is 5.91 Å². The molecule has 0 aromatic carbocycles. The van der Waals surface area contributed by atoms with Gasteiger partial charge >= 0.3 is 0 Å². The molecule has 2 fully saturated rings. The standard InChI is InChI=1S/C19H25N3O2S/c1-13-5-6-15(25-13)9-22-10-16-14(12-24-18(16)11-22)8-20-19(23)17-4-3-7-21(17)2/h3-7,14,16,18H,8-12H2,1-2H3,(H,20,23)/t14-,16+,18+/m0/s1. The van der Waals surface area contributed by atoms with E-state index in [2.05, 4.69) is 29.3 Å². The van der Waals surface area contributed by atoms with E-state index in [1.165, 1.54) is 9.75 Å². The number of ether oxygens (including phenoxy) is 1. The van der Waals surface area contributed by atoms with Crippen LogP contribution in [0.25, 0.3) is 0 Å². The molecule has 2 saturated heterocycles. The second kappa shape index (κ2) is 6.94. The summed E-state index contributed by atoms with van der Waals surface area (Å²) in [6.45, 7) is 6.68. The van der Waals surface area contributed by atoms with Crippen LogP contribution in [0.15, 0.2) is 30.5 Å². The summed E-state index contributed by atoms with van der Waals surface area (Å²) < 4.78 is 7.87. The van der Waals surface area contributed by atoms with E-state index >= 15 is 0 Å². The number of rotatable bonds is 5. The molecule has 1 N–H and O–H groups in total. The number of hydrogen-bond donors (Lipinski definition) is 1. The third-order valence-corrected chi connectivity index (χ3v) is 6.38. The Hall–Kier alpha value is -1.63. The van der Waals surface area contributed by atoms with Crippen LogP contribution in [0.5, 0.6) is 0 Å². The van der Waals surface area contributed by atoms with E-state index in [0.29, 0.717) is 30.2 Å². The molecule has 2 aliphatic rings. The molecule has 0 aliphatic carbocycles. The fourth-order valence-corrected chi connectivity index (χ4v) is 4.95. The topological polar surface area (TPSA) is 46.5 Å². The summed E-state index contributed by atoms with van der Waals surface area (Å²) in [4.78, 5) is 17.6. The van der Waals surface area contributed by atoms with Gasteiger partial charge in [-0.25, -0.2) is 0 Å². The Morgan fingerprint density at radius 2 is 2.24 bits per heavy atom. The monoisotopic (exact) mass is 359 g/mol. The summed E-state index contributed by atoms with van der Waals surface area (Å²) in [5.74, 6) is 0.930. The van der Waals surface area contributed by atoms with E-state index < -0.39 is 0 Å². The van der Waals surface area contributed by atoms with Crippen LogP contribution in [0.3, 0.4) is 0 Å². The van der Waals surface area contributed by atoms with Gasteiger partial charge in [-0.2, -0.15) is 0 Å². The third kappa shape index (κ3) is 3.52. The van der Waals surface area contributed by atoms with E-state index in [9.17, 15) is 4.79 Å². The fourth-order valence-electron chi connectivity index (χ4n) is 4.02. The van der Waals surface area contributed by atoms with Crippen molar-refractivity contribution < 1.29 is 9.53 Å². The number of amides is 1. The molecular weight excluding hydrogens is 334 g/mol. The van der Waals surface area contributed by atoms with Crippen LogP contribution in [0, 0.1) is 18.8 Å². The minimum absolute atomic E-state index is 0.000126. The number of hydrogen-bond acceptors (Lipinski definition) is 4. The highest BCUT2D eigenvalue weighted by atomic mass is 32.1. The van der Waals surface area contributed by atoms with Gasteiger partial charge in [-0.05, 0) is 31.2 Å². The molecule has 0 spiro atoms. The van der Waals surface area contributed by atoms with Crippen molar-refractivity contribution in [1.82, 2.24) is 14.8 Å². The quantitative estimate of drug-likeness (QED) is 0.891. The van der Waals surface area contributed by atoms with Crippen molar-refractivity contribution in [2.75, 3.05) is 26.2 Å². The smallest absolute Gasteiger partial charge is 0.267 e. The Bertz CT molecular complexity index is 753. The number of carbonyl (C=O) groups excluding carboxylic acids is 1. The Labute approximate surface area is 152 Å². The summed E-state index contributed by atoms with van der Waals surface area (Å²) >= 11 is 1.88. The van der Waals surface area contributed by atoms with Gasteiger partial charge in [0.15, 0.2) is 0 Å². The fraction of sp³-hybridized carbons (Fsp3) is 0.526. The molecule has 1 amide bonds. The van der Waals surface area contributed by atoms with E-state index in [0.717, 1.165) is 26.2 Å². The van der Waals surface area contributed by atoms with Gasteiger partial charge in [0, 0.05) is 61.0 Å². The number of fused-ring (bicyclic) bond motifs is 1. The number of aromatic nitrogens is 1. The third-order valence-electron chi connectivity index (χ3n) is 5.39. The van der Waals surface area contributed by atoms with Gasteiger partial charge in [0.2, 0.25) is 0 Å². The van der Waals surface area contributed by atoms with Gasteiger partial charge in [-0.1, -0.05) is 0 Å². The average Bonchev–Trinajstić information content (AvgIpc) is 3.32. The van der Waals surface area contributed by atoms with Gasteiger partial charge in [0.05, 0.1) is 12.7 Å². The lowest BCUT2D eigenvalue weighted by atomic mass is 9.93. The Balaban J connectivity index is 1.31. The van der Waals surface area contributed by atoms with E-state index in [1.807, 2.05) is 41.3 Å². The number of likely N-dealkylation sites (tertiary alicyclic amines) is 1. The first-order valence-corrected chi connectivity index (χ1v) is 9.70. The van der Waals surface area contributed by atoms with E-state index in [4.69, 9.17) is 4.74 Å². The molecule has 134 valence electrons. The predicted octanol–water partition coefficient (Wildman–Crippen LogP) is 2.27. The molecule has 3 atom stereocenters. The van der Waals surface area contributed by atoms with Crippen LogP contribution in [0.2, 0.25) is 0 Å². The van der Waals surface area contributed by atoms with Gasteiger partial charge in [0.25, 0.3) is 5.91 Å². The summed E-state index contributed by atoms with van der Waals surface area (Å²) in [5.41, 5.74) is 0.705. The van der Waals surface area contributed by atoms with Crippen molar-refractivity contribution in [3.05, 3.63) is 45.9 Å². The molecular formula is C19H25N3O2S. The van der Waals surface area contributed by atoms with Crippen LogP contribution in [-0.2, 0) is 18.3 Å². The highest BCUT2D eigenvalue weighted by Crippen LogP contribution is 2.34. The maximum absolute atomic E-state index is 12.3. The van der Waals surface area contributed by atoms with Crippen LogP contribution in [0.4, 0.5) is 0 Å². The highest BCUT2D eigenvalue weighted by molar-refractivity contribution is 7.11. The lowest BCUT2D eigenvalue weighted by Crippen LogP contribution is -2.34. The van der Waals surface area contributed by atoms with Gasteiger partial charge in [-0.15, -0.1) is 11.3 Å². The zero-order valence-corrected chi connectivity index (χ0v) is 15.6. The number of nitrogens with one attached hydrogen (secondary N) is 1. The van der Waals surface area contributed by atoms with Crippen LogP contribution in [-0.4, -0.2) is 47.7 Å². The first-order chi connectivity index (χ1) is 12.1. The second-order valence-electron chi connectivity index (χ2n) is 7.22. The van der Waals surface area contributed by atoms with Crippen molar-refractivity contribution in [2.45, 2.75) is 19.6 Å². The largest absolute Gasteiger partial charge is 0.376 e. The lowest BCUT2D eigenvalue weighted by molar-refractivity contribution is 0.0900. The molecule has 0 radical (unpaired) electrons. The van der Waals surface area contributed by atoms with E-state index in [1.54, 1.807) is 0 Å². The van der Waals surface area contributed by atoms with Crippen LogP contribution >= 0.6 is 11.3 Å². The van der Waals surface area contributed by atoms with Crippen molar-refractivity contribution in [3.8, 4) is 0 Å². The second-order valence-corrected chi connectivity index (χ2v) is 8.59. The summed E-state index contributed by atoms with van der Waals surface area (Å²) in [7, 11) is 1.89. The zero-order chi connectivity index (χ0) is 17.4. The van der Waals surface area contributed by atoms with Gasteiger partial charge in [-0.3, -0.25) is 9.69 Å². The molecule has 4 rings (SSSR count). The normalized spacial score (nSPS) is 26.1. The van der Waals surface area contributed by atoms with Gasteiger partial charge < -0.3 is 14.6 Å². The molecule has 4 heterocycles. The Morgan fingerprint density at radius 3 is 2.96 bits per heavy atom. The molecule has 2 aromatic heterocycles. The molecule has 0 bridgehead atoms. The molecule has 2 aromatic rings. The maximum atomic E-state index is 12.3. The maximum Gasteiger partial charge on any atom is 0.267 e. The number of thiophene rings is 1. The highest BCUT2D eigenvalue weighted by Gasteiger charge is 2.43. The Kier molecular flexibility index (Phi) is 4.67. The van der Waals surface area contributed by atoms with Crippen molar-refractivity contribution >= 4 is 17.2 Å². The molecule has 5 nitrogen and oxygen atoms in total. The van der Waals surface area contributed by atoms with Gasteiger partial charge in [0.1, 0.15) is 5.69 Å². The minimum Gasteiger partial charge on any atom is -0.376 e. The summed E-state index contributed by atoms with van der Waals surface area (Å²) in [6.07, 6.45) is 2.21. The lowest BCUT2D eigenvalue weighted by Gasteiger charge is -2.19. The molecule has 6 heteroatoms. The SMILES string of the molecule is Cc1ccc(CN2C[C@@H]3[C@@H](CNC(=O)c4cccn4C)CO[C@@H]3C2)s1. The molecule has 2 aliphatic heterocycles. The first-order valence-electron chi connectivity index (χ1n) is 8.89.